The van der Waals surface area contributed by atoms with Crippen LogP contribution in [-0.2, 0) is 15.7 Å². The smallest absolute Gasteiger partial charge is 0.417 e. The Kier molecular flexibility index (Phi) is 4.99. The summed E-state index contributed by atoms with van der Waals surface area (Å²) in [5.41, 5.74) is -1.09. The molecule has 0 N–H and O–H groups in total. The van der Waals surface area contributed by atoms with E-state index in [2.05, 4.69) is 9.72 Å². The lowest BCUT2D eigenvalue weighted by atomic mass is 10.1. The van der Waals surface area contributed by atoms with Gasteiger partial charge in [-0.1, -0.05) is 11.6 Å². The Bertz CT molecular complexity index is 542. The summed E-state index contributed by atoms with van der Waals surface area (Å²) in [6.07, 6.45) is -2.56. The molecular weight excluding hydrogens is 297 g/mol. The summed E-state index contributed by atoms with van der Waals surface area (Å²) in [5.74, 6) is -0.743. The first-order valence-electron chi connectivity index (χ1n) is 5.36. The van der Waals surface area contributed by atoms with Crippen LogP contribution in [0.1, 0.15) is 11.3 Å². The molecule has 0 spiro atoms. The minimum absolute atomic E-state index is 0.0313. The lowest BCUT2D eigenvalue weighted by molar-refractivity contribution is -0.137. The van der Waals surface area contributed by atoms with Gasteiger partial charge in [0.1, 0.15) is 5.57 Å². The second-order valence-electron chi connectivity index (χ2n) is 4.05. The predicted octanol–water partition coefficient (Wildman–Crippen LogP) is 2.83. The van der Waals surface area contributed by atoms with Crippen molar-refractivity contribution < 1.29 is 22.7 Å². The van der Waals surface area contributed by atoms with Gasteiger partial charge < -0.3 is 9.64 Å². The molecule has 0 aliphatic rings. The van der Waals surface area contributed by atoms with Gasteiger partial charge in [-0.05, 0) is 6.07 Å². The fraction of sp³-hybridized carbons (Fsp3) is 0.333. The van der Waals surface area contributed by atoms with Crippen LogP contribution in [0.5, 0.6) is 0 Å². The topological polar surface area (TPSA) is 42.4 Å². The number of nitrogens with zero attached hydrogens (tertiary/aromatic N) is 2. The number of rotatable bonds is 3. The van der Waals surface area contributed by atoms with Crippen LogP contribution in [0.25, 0.3) is 5.57 Å². The predicted molar refractivity (Wildman–Crippen MR) is 67.9 cm³/mol. The first kappa shape index (κ1) is 16.3. The molecule has 1 aromatic heterocycles. The summed E-state index contributed by atoms with van der Waals surface area (Å²) in [6, 6.07) is 0.719. The molecule has 110 valence electrons. The molecule has 0 radical (unpaired) electrons. The van der Waals surface area contributed by atoms with Gasteiger partial charge in [-0.25, -0.2) is 4.79 Å². The first-order chi connectivity index (χ1) is 9.16. The number of aromatic nitrogens is 1. The van der Waals surface area contributed by atoms with Gasteiger partial charge >= 0.3 is 12.1 Å². The van der Waals surface area contributed by atoms with Crippen LogP contribution in [-0.4, -0.2) is 37.1 Å². The van der Waals surface area contributed by atoms with Crippen LogP contribution in [0.15, 0.2) is 18.5 Å². The van der Waals surface area contributed by atoms with Gasteiger partial charge in [0.25, 0.3) is 0 Å². The largest absolute Gasteiger partial charge is 0.465 e. The van der Waals surface area contributed by atoms with E-state index >= 15 is 0 Å². The molecule has 0 unspecified atom stereocenters. The van der Waals surface area contributed by atoms with E-state index in [1.807, 2.05) is 0 Å². The highest BCUT2D eigenvalue weighted by atomic mass is 35.5. The Hall–Kier alpha value is -1.76. The van der Waals surface area contributed by atoms with Crippen molar-refractivity contribution in [3.63, 3.8) is 0 Å². The van der Waals surface area contributed by atoms with Crippen molar-refractivity contribution in [1.82, 2.24) is 9.88 Å². The molecule has 0 saturated heterocycles. The average Bonchev–Trinajstić information content (AvgIpc) is 2.34. The fourth-order valence-corrected chi connectivity index (χ4v) is 1.64. The second-order valence-corrected chi connectivity index (χ2v) is 4.46. The Labute approximate surface area is 118 Å². The van der Waals surface area contributed by atoms with Crippen molar-refractivity contribution in [2.45, 2.75) is 6.18 Å². The third kappa shape index (κ3) is 3.86. The van der Waals surface area contributed by atoms with Gasteiger partial charge in [0.15, 0.2) is 0 Å². The molecule has 4 nitrogen and oxygen atoms in total. The maximum atomic E-state index is 12.5. The SMILES string of the molecule is COC(=O)C(=CN(C)C)c1ncc(C(F)(F)F)cc1Cl. The molecule has 0 saturated carbocycles. The number of carbonyl (C=O) groups excluding carboxylic acids is 1. The van der Waals surface area contributed by atoms with E-state index in [4.69, 9.17) is 11.6 Å². The number of esters is 1. The number of carbonyl (C=O) groups is 1. The fourth-order valence-electron chi connectivity index (χ4n) is 1.37. The maximum absolute atomic E-state index is 12.5. The van der Waals surface area contributed by atoms with Gasteiger partial charge in [-0.3, -0.25) is 4.98 Å². The Morgan fingerprint density at radius 1 is 1.45 bits per heavy atom. The third-order valence-electron chi connectivity index (χ3n) is 2.22. The minimum Gasteiger partial charge on any atom is -0.465 e. The minimum atomic E-state index is -4.55. The van der Waals surface area contributed by atoms with Crippen LogP contribution in [0.3, 0.4) is 0 Å². The summed E-state index contributed by atoms with van der Waals surface area (Å²) < 4.78 is 42.1. The van der Waals surface area contributed by atoms with E-state index < -0.39 is 17.7 Å². The van der Waals surface area contributed by atoms with Gasteiger partial charge in [0.2, 0.25) is 0 Å². The number of hydrogen-bond acceptors (Lipinski definition) is 4. The Balaban J connectivity index is 3.33. The standard InChI is InChI=1S/C12H12ClF3N2O2/c1-18(2)6-8(11(19)20-3)10-9(13)4-7(5-17-10)12(14,15)16/h4-6H,1-3H3. The average molecular weight is 309 g/mol. The highest BCUT2D eigenvalue weighted by molar-refractivity contribution is 6.34. The molecule has 20 heavy (non-hydrogen) atoms. The van der Waals surface area contributed by atoms with E-state index in [0.717, 1.165) is 13.2 Å². The normalized spacial score (nSPS) is 12.2. The molecule has 0 aliphatic heterocycles. The van der Waals surface area contributed by atoms with Crippen molar-refractivity contribution in [3.8, 4) is 0 Å². The number of hydrogen-bond donors (Lipinski definition) is 0. The molecule has 0 fully saturated rings. The monoisotopic (exact) mass is 308 g/mol. The molecule has 0 bridgehead atoms. The molecule has 8 heteroatoms. The van der Waals surface area contributed by atoms with Crippen LogP contribution in [0.4, 0.5) is 13.2 Å². The lowest BCUT2D eigenvalue weighted by Crippen LogP contribution is -2.13. The number of methoxy groups -OCH3 is 1. The molecule has 0 aliphatic carbocycles. The summed E-state index contributed by atoms with van der Waals surface area (Å²) in [5, 5.41) is -0.279. The van der Waals surface area contributed by atoms with Crippen molar-refractivity contribution in [1.29, 1.82) is 0 Å². The van der Waals surface area contributed by atoms with E-state index in [1.165, 1.54) is 11.1 Å². The van der Waals surface area contributed by atoms with Crippen molar-refractivity contribution in [3.05, 3.63) is 34.7 Å². The van der Waals surface area contributed by atoms with Crippen LogP contribution in [0, 0.1) is 0 Å². The summed E-state index contributed by atoms with van der Waals surface area (Å²) >= 11 is 5.79. The van der Waals surface area contributed by atoms with Gasteiger partial charge in [0, 0.05) is 26.5 Å². The lowest BCUT2D eigenvalue weighted by Gasteiger charge is -2.13. The van der Waals surface area contributed by atoms with Crippen LogP contribution < -0.4 is 0 Å². The van der Waals surface area contributed by atoms with E-state index in [0.29, 0.717) is 6.20 Å². The summed E-state index contributed by atoms with van der Waals surface area (Å²) in [4.78, 5) is 16.8. The quantitative estimate of drug-likeness (QED) is 0.636. The van der Waals surface area contributed by atoms with Crippen LogP contribution >= 0.6 is 11.6 Å². The molecule has 0 amide bonds. The van der Waals surface area contributed by atoms with Gasteiger partial charge in [-0.2, -0.15) is 13.2 Å². The highest BCUT2D eigenvalue weighted by Gasteiger charge is 2.32. The first-order valence-corrected chi connectivity index (χ1v) is 5.74. The Morgan fingerprint density at radius 3 is 2.45 bits per heavy atom. The van der Waals surface area contributed by atoms with Gasteiger partial charge in [-0.15, -0.1) is 0 Å². The maximum Gasteiger partial charge on any atom is 0.417 e. The number of halogens is 4. The number of alkyl halides is 3. The highest BCUT2D eigenvalue weighted by Crippen LogP contribution is 2.32. The summed E-state index contributed by atoms with van der Waals surface area (Å²) in [6.45, 7) is 0. The van der Waals surface area contributed by atoms with Gasteiger partial charge in [0.05, 0.1) is 23.4 Å². The van der Waals surface area contributed by atoms with E-state index in [9.17, 15) is 18.0 Å². The Morgan fingerprint density at radius 2 is 2.05 bits per heavy atom. The molecule has 1 heterocycles. The second kappa shape index (κ2) is 6.13. The zero-order chi connectivity index (χ0) is 15.5. The van der Waals surface area contributed by atoms with Crippen molar-refractivity contribution >= 4 is 23.1 Å². The molecule has 1 aromatic rings. The van der Waals surface area contributed by atoms with Crippen molar-refractivity contribution in [2.24, 2.45) is 0 Å². The van der Waals surface area contributed by atoms with E-state index in [-0.39, 0.29) is 16.3 Å². The molecular formula is C12H12ClF3N2O2. The molecule has 1 rings (SSSR count). The molecule has 0 atom stereocenters. The number of ether oxygens (including phenoxy) is 1. The van der Waals surface area contributed by atoms with Crippen molar-refractivity contribution in [2.75, 3.05) is 21.2 Å². The molecule has 0 aromatic carbocycles. The number of pyridine rings is 1. The zero-order valence-electron chi connectivity index (χ0n) is 11.0. The summed E-state index contributed by atoms with van der Waals surface area (Å²) in [7, 11) is 4.44. The third-order valence-corrected chi connectivity index (χ3v) is 2.50. The zero-order valence-corrected chi connectivity index (χ0v) is 11.7. The van der Waals surface area contributed by atoms with E-state index in [1.54, 1.807) is 14.1 Å². The van der Waals surface area contributed by atoms with Crippen LogP contribution in [0.2, 0.25) is 5.02 Å².